The van der Waals surface area contributed by atoms with Crippen molar-refractivity contribution in [2.45, 2.75) is 18.9 Å². The fraction of sp³-hybridized carbons (Fsp3) is 0.333. The summed E-state index contributed by atoms with van der Waals surface area (Å²) in [5.41, 5.74) is 1.35. The molecule has 26 heavy (non-hydrogen) atoms. The van der Waals surface area contributed by atoms with Crippen molar-refractivity contribution >= 4 is 16.9 Å². The Morgan fingerprint density at radius 1 is 1.31 bits per heavy atom. The summed E-state index contributed by atoms with van der Waals surface area (Å²) in [6.45, 7) is 1.14. The molecule has 1 aromatic carbocycles. The van der Waals surface area contributed by atoms with Gasteiger partial charge in [0.1, 0.15) is 11.8 Å². The van der Waals surface area contributed by atoms with Crippen molar-refractivity contribution in [1.82, 2.24) is 20.0 Å². The summed E-state index contributed by atoms with van der Waals surface area (Å²) in [6, 6.07) is 7.53. The zero-order valence-electron chi connectivity index (χ0n) is 14.3. The molecule has 1 atom stereocenters. The van der Waals surface area contributed by atoms with Crippen LogP contribution in [0.3, 0.4) is 0 Å². The molecule has 4 rings (SSSR count). The third-order valence-electron chi connectivity index (χ3n) is 4.36. The van der Waals surface area contributed by atoms with Gasteiger partial charge in [-0.25, -0.2) is 0 Å². The number of carbonyl (C=O) groups is 1. The Morgan fingerprint density at radius 3 is 3.04 bits per heavy atom. The molecule has 1 aliphatic rings. The summed E-state index contributed by atoms with van der Waals surface area (Å²) in [7, 11) is 1.53. The number of ether oxygens (including phenoxy) is 2. The van der Waals surface area contributed by atoms with E-state index in [1.165, 1.54) is 19.5 Å². The normalized spacial score (nSPS) is 16.8. The summed E-state index contributed by atoms with van der Waals surface area (Å²) in [5, 5.41) is 4.90. The zero-order chi connectivity index (χ0) is 17.9. The van der Waals surface area contributed by atoms with Gasteiger partial charge < -0.3 is 18.9 Å². The maximum absolute atomic E-state index is 12.6. The second-order valence-electron chi connectivity index (χ2n) is 6.07. The molecular weight excluding hydrogens is 336 g/mol. The number of rotatable bonds is 5. The van der Waals surface area contributed by atoms with E-state index in [9.17, 15) is 4.79 Å². The second-order valence-corrected chi connectivity index (χ2v) is 6.07. The number of nitrogens with zero attached hydrogens (tertiary/aromatic N) is 4. The fourth-order valence-corrected chi connectivity index (χ4v) is 3.03. The van der Waals surface area contributed by atoms with Crippen molar-refractivity contribution < 1.29 is 18.8 Å². The van der Waals surface area contributed by atoms with E-state index in [0.717, 1.165) is 11.8 Å². The van der Waals surface area contributed by atoms with Gasteiger partial charge in [0, 0.05) is 18.4 Å². The quantitative estimate of drug-likeness (QED) is 0.690. The van der Waals surface area contributed by atoms with Gasteiger partial charge in [0.2, 0.25) is 17.7 Å². The van der Waals surface area contributed by atoms with Crippen molar-refractivity contribution in [2.75, 3.05) is 20.2 Å². The number of benzene rings is 1. The smallest absolute Gasteiger partial charge is 0.235 e. The highest BCUT2D eigenvalue weighted by Crippen LogP contribution is 2.21. The number of fused-ring (bicyclic) bond motifs is 1. The van der Waals surface area contributed by atoms with Gasteiger partial charge in [-0.15, -0.1) is 0 Å². The number of aromatic nitrogens is 3. The van der Waals surface area contributed by atoms with Crippen LogP contribution in [0.5, 0.6) is 11.8 Å². The Hall–Kier alpha value is -3.16. The molecule has 1 fully saturated rings. The number of hydrogen-bond donors (Lipinski definition) is 0. The molecule has 3 heterocycles. The monoisotopic (exact) mass is 354 g/mol. The first kappa shape index (κ1) is 16.3. The van der Waals surface area contributed by atoms with Crippen molar-refractivity contribution in [3.63, 3.8) is 0 Å². The lowest BCUT2D eigenvalue weighted by molar-refractivity contribution is -0.129. The summed E-state index contributed by atoms with van der Waals surface area (Å²) in [6.07, 6.45) is 3.88. The van der Waals surface area contributed by atoms with E-state index in [1.807, 2.05) is 24.3 Å². The Kier molecular flexibility index (Phi) is 4.39. The van der Waals surface area contributed by atoms with Crippen LogP contribution in [0.2, 0.25) is 0 Å². The number of hydrogen-bond acceptors (Lipinski definition) is 7. The van der Waals surface area contributed by atoms with Crippen LogP contribution in [0.1, 0.15) is 12.1 Å². The largest absolute Gasteiger partial charge is 0.480 e. The molecule has 8 nitrogen and oxygen atoms in total. The van der Waals surface area contributed by atoms with E-state index in [1.54, 1.807) is 4.90 Å². The van der Waals surface area contributed by atoms with E-state index in [4.69, 9.17) is 14.0 Å². The van der Waals surface area contributed by atoms with Crippen molar-refractivity contribution in [1.29, 1.82) is 0 Å². The van der Waals surface area contributed by atoms with E-state index in [0.29, 0.717) is 36.1 Å². The van der Waals surface area contributed by atoms with Gasteiger partial charge in [0.05, 0.1) is 32.5 Å². The highest BCUT2D eigenvalue weighted by atomic mass is 16.5. The minimum atomic E-state index is -0.116. The number of para-hydroxylation sites is 1. The molecule has 0 N–H and O–H groups in total. The number of methoxy groups -OCH3 is 1. The lowest BCUT2D eigenvalue weighted by Crippen LogP contribution is -2.32. The van der Waals surface area contributed by atoms with Crippen molar-refractivity contribution in [3.8, 4) is 11.8 Å². The van der Waals surface area contributed by atoms with E-state index in [2.05, 4.69) is 15.1 Å². The van der Waals surface area contributed by atoms with Crippen LogP contribution in [-0.2, 0) is 11.2 Å². The molecular formula is C18H18N4O4. The molecule has 0 saturated carbocycles. The van der Waals surface area contributed by atoms with Gasteiger partial charge in [-0.2, -0.15) is 4.98 Å². The summed E-state index contributed by atoms with van der Waals surface area (Å²) in [5.74, 6) is 0.796. The van der Waals surface area contributed by atoms with Gasteiger partial charge in [0.25, 0.3) is 0 Å². The number of carbonyl (C=O) groups excluding carboxylic acids is 1. The van der Waals surface area contributed by atoms with Gasteiger partial charge in [-0.3, -0.25) is 9.78 Å². The highest BCUT2D eigenvalue weighted by molar-refractivity contribution is 5.86. The van der Waals surface area contributed by atoms with Crippen LogP contribution in [0.25, 0.3) is 11.0 Å². The Bertz CT molecular complexity index is 926. The van der Waals surface area contributed by atoms with E-state index in [-0.39, 0.29) is 18.4 Å². The molecule has 3 aromatic rings. The van der Waals surface area contributed by atoms with Gasteiger partial charge in [0.15, 0.2) is 5.58 Å². The van der Waals surface area contributed by atoms with Crippen LogP contribution in [-0.4, -0.2) is 52.2 Å². The van der Waals surface area contributed by atoms with E-state index < -0.39 is 0 Å². The van der Waals surface area contributed by atoms with Gasteiger partial charge in [-0.05, 0) is 12.1 Å². The molecule has 1 amide bonds. The minimum Gasteiger partial charge on any atom is -0.480 e. The van der Waals surface area contributed by atoms with Gasteiger partial charge >= 0.3 is 0 Å². The van der Waals surface area contributed by atoms with Crippen LogP contribution in [0, 0.1) is 0 Å². The summed E-state index contributed by atoms with van der Waals surface area (Å²) >= 11 is 0. The SMILES string of the molecule is COc1cncc(OC2CCN(C(=O)Cc3noc4ccccc34)C2)n1. The first-order valence-corrected chi connectivity index (χ1v) is 8.36. The number of amides is 1. The molecule has 0 radical (unpaired) electrons. The van der Waals surface area contributed by atoms with Crippen LogP contribution < -0.4 is 9.47 Å². The van der Waals surface area contributed by atoms with Crippen LogP contribution in [0.4, 0.5) is 0 Å². The van der Waals surface area contributed by atoms with Crippen LogP contribution >= 0.6 is 0 Å². The maximum Gasteiger partial charge on any atom is 0.235 e. The minimum absolute atomic E-state index is 0.00637. The molecule has 2 aromatic heterocycles. The maximum atomic E-state index is 12.6. The molecule has 1 unspecified atom stereocenters. The Labute approximate surface area is 149 Å². The first-order chi connectivity index (χ1) is 12.7. The average molecular weight is 354 g/mol. The topological polar surface area (TPSA) is 90.6 Å². The average Bonchev–Trinajstić information content (AvgIpc) is 3.29. The second kappa shape index (κ2) is 6.99. The lowest BCUT2D eigenvalue weighted by Gasteiger charge is -2.16. The van der Waals surface area contributed by atoms with Crippen molar-refractivity contribution in [2.24, 2.45) is 0 Å². The van der Waals surface area contributed by atoms with E-state index >= 15 is 0 Å². The lowest BCUT2D eigenvalue weighted by atomic mass is 10.1. The Morgan fingerprint density at radius 2 is 2.15 bits per heavy atom. The molecule has 0 bridgehead atoms. The molecule has 0 spiro atoms. The molecule has 8 heteroatoms. The number of likely N-dealkylation sites (tertiary alicyclic amines) is 1. The summed E-state index contributed by atoms with van der Waals surface area (Å²) in [4.78, 5) is 22.6. The predicted molar refractivity (Wildman–Crippen MR) is 91.9 cm³/mol. The zero-order valence-corrected chi connectivity index (χ0v) is 14.3. The standard InChI is InChI=1S/C18H18N4O4/c1-24-16-9-19-10-17(20-16)25-12-6-7-22(11-12)18(23)8-14-13-4-2-3-5-15(13)26-21-14/h2-5,9-10,12H,6-8,11H2,1H3. The fourth-order valence-electron chi connectivity index (χ4n) is 3.03. The molecule has 1 saturated heterocycles. The van der Waals surface area contributed by atoms with Crippen molar-refractivity contribution in [3.05, 3.63) is 42.4 Å². The molecule has 134 valence electrons. The third-order valence-corrected chi connectivity index (χ3v) is 4.36. The summed E-state index contributed by atoms with van der Waals surface area (Å²) < 4.78 is 16.1. The molecule has 0 aliphatic carbocycles. The van der Waals surface area contributed by atoms with Gasteiger partial charge in [-0.1, -0.05) is 17.3 Å². The first-order valence-electron chi connectivity index (χ1n) is 8.36. The van der Waals surface area contributed by atoms with Crippen LogP contribution in [0.15, 0.2) is 41.2 Å². The Balaban J connectivity index is 1.38. The molecule has 1 aliphatic heterocycles. The predicted octanol–water partition coefficient (Wildman–Crippen LogP) is 1.85. The highest BCUT2D eigenvalue weighted by Gasteiger charge is 2.29. The third kappa shape index (κ3) is 3.30.